The smallest absolute Gasteiger partial charge is 0.288 e. The zero-order valence-corrected chi connectivity index (χ0v) is 11.0. The fourth-order valence-corrected chi connectivity index (χ4v) is 1.44. The number of carbonyl (C=O) groups excluding carboxylic acids is 2. The molecule has 0 fully saturated rings. The summed E-state index contributed by atoms with van der Waals surface area (Å²) in [6.07, 6.45) is 0.956. The van der Waals surface area contributed by atoms with E-state index in [1.165, 1.54) is 14.1 Å². The quantitative estimate of drug-likeness (QED) is 0.492. The number of nitrogens with one attached hydrogen (secondary N) is 1. The van der Waals surface area contributed by atoms with Crippen LogP contribution in [-0.4, -0.2) is 47.3 Å². The van der Waals surface area contributed by atoms with Crippen LogP contribution in [-0.2, 0) is 4.79 Å². The SMILES string of the molecule is CNC(=O)CN(C)C(=O)c1cc([N+](=O)[O-])cnc1Cl. The van der Waals surface area contributed by atoms with Crippen molar-refractivity contribution >= 4 is 29.1 Å². The molecule has 8 nitrogen and oxygen atoms in total. The van der Waals surface area contributed by atoms with Crippen LogP contribution in [0.3, 0.4) is 0 Å². The average Bonchev–Trinajstić information content (AvgIpc) is 2.37. The van der Waals surface area contributed by atoms with E-state index in [4.69, 9.17) is 11.6 Å². The van der Waals surface area contributed by atoms with Crippen LogP contribution in [0.2, 0.25) is 5.15 Å². The van der Waals surface area contributed by atoms with Gasteiger partial charge in [0.15, 0.2) is 0 Å². The number of likely N-dealkylation sites (N-methyl/N-ethyl adjacent to an activating group) is 2. The van der Waals surface area contributed by atoms with Gasteiger partial charge in [0.05, 0.1) is 17.0 Å². The van der Waals surface area contributed by atoms with Gasteiger partial charge in [0.25, 0.3) is 11.6 Å². The summed E-state index contributed by atoms with van der Waals surface area (Å²) in [6.45, 7) is -0.186. The molecule has 19 heavy (non-hydrogen) atoms. The summed E-state index contributed by atoms with van der Waals surface area (Å²) >= 11 is 5.73. The van der Waals surface area contributed by atoms with E-state index >= 15 is 0 Å². The van der Waals surface area contributed by atoms with E-state index in [0.29, 0.717) is 0 Å². The summed E-state index contributed by atoms with van der Waals surface area (Å²) in [5.74, 6) is -0.991. The molecule has 0 aliphatic carbocycles. The molecule has 1 aromatic heterocycles. The van der Waals surface area contributed by atoms with Crippen LogP contribution in [0.5, 0.6) is 0 Å². The molecule has 1 aromatic rings. The van der Waals surface area contributed by atoms with Gasteiger partial charge in [-0.1, -0.05) is 11.6 Å². The molecule has 0 saturated heterocycles. The molecule has 0 bridgehead atoms. The molecule has 0 atom stereocenters. The van der Waals surface area contributed by atoms with Gasteiger partial charge in [0.1, 0.15) is 11.3 Å². The lowest BCUT2D eigenvalue weighted by Gasteiger charge is -2.16. The minimum absolute atomic E-state index is 0.123. The summed E-state index contributed by atoms with van der Waals surface area (Å²) in [4.78, 5) is 37.7. The lowest BCUT2D eigenvalue weighted by atomic mass is 10.2. The van der Waals surface area contributed by atoms with Crippen LogP contribution < -0.4 is 5.32 Å². The topological polar surface area (TPSA) is 105 Å². The standard InChI is InChI=1S/C10H11ClN4O4/c1-12-8(16)5-14(2)10(17)7-3-6(15(18)19)4-13-9(7)11/h3-4H,5H2,1-2H3,(H,12,16). The lowest BCUT2D eigenvalue weighted by molar-refractivity contribution is -0.385. The van der Waals surface area contributed by atoms with E-state index < -0.39 is 10.8 Å². The van der Waals surface area contributed by atoms with Crippen LogP contribution in [0, 0.1) is 10.1 Å². The van der Waals surface area contributed by atoms with Gasteiger partial charge < -0.3 is 10.2 Å². The van der Waals surface area contributed by atoms with E-state index in [9.17, 15) is 19.7 Å². The highest BCUT2D eigenvalue weighted by Gasteiger charge is 2.21. The zero-order valence-electron chi connectivity index (χ0n) is 10.2. The molecule has 0 aliphatic rings. The molecule has 1 N–H and O–H groups in total. The summed E-state index contributed by atoms with van der Waals surface area (Å²) in [5, 5.41) is 12.8. The number of rotatable bonds is 4. The van der Waals surface area contributed by atoms with Crippen LogP contribution >= 0.6 is 11.6 Å². The van der Waals surface area contributed by atoms with Crippen molar-refractivity contribution in [3.8, 4) is 0 Å². The number of hydrogen-bond donors (Lipinski definition) is 1. The van der Waals surface area contributed by atoms with Crippen molar-refractivity contribution < 1.29 is 14.5 Å². The molecule has 0 unspecified atom stereocenters. The van der Waals surface area contributed by atoms with E-state index in [1.54, 1.807) is 0 Å². The van der Waals surface area contributed by atoms with Crippen molar-refractivity contribution in [2.24, 2.45) is 0 Å². The van der Waals surface area contributed by atoms with E-state index in [0.717, 1.165) is 17.2 Å². The number of carbonyl (C=O) groups is 2. The van der Waals surface area contributed by atoms with Gasteiger partial charge in [-0.05, 0) is 0 Å². The summed E-state index contributed by atoms with van der Waals surface area (Å²) in [7, 11) is 2.81. The Balaban J connectivity index is 3.01. The predicted molar refractivity (Wildman–Crippen MR) is 66.9 cm³/mol. The van der Waals surface area contributed by atoms with E-state index in [2.05, 4.69) is 10.3 Å². The molecule has 102 valence electrons. The molecule has 0 radical (unpaired) electrons. The summed E-state index contributed by atoms with van der Waals surface area (Å²) < 4.78 is 0. The minimum Gasteiger partial charge on any atom is -0.358 e. The Bertz CT molecular complexity index is 534. The Morgan fingerprint density at radius 1 is 1.58 bits per heavy atom. The maximum atomic E-state index is 12.0. The molecule has 0 aliphatic heterocycles. The highest BCUT2D eigenvalue weighted by Crippen LogP contribution is 2.20. The van der Waals surface area contributed by atoms with Crippen LogP contribution in [0.1, 0.15) is 10.4 Å². The molecule has 0 spiro atoms. The third-order valence-electron chi connectivity index (χ3n) is 2.27. The third kappa shape index (κ3) is 3.62. The second-order valence-corrected chi connectivity index (χ2v) is 3.98. The molecule has 1 heterocycles. The molecular weight excluding hydrogens is 276 g/mol. The number of hydrogen-bond acceptors (Lipinski definition) is 5. The minimum atomic E-state index is -0.682. The zero-order chi connectivity index (χ0) is 14.6. The number of nitro groups is 1. The Hall–Kier alpha value is -2.22. The fourth-order valence-electron chi connectivity index (χ4n) is 1.26. The van der Waals surface area contributed by atoms with Crippen molar-refractivity contribution in [3.05, 3.63) is 33.1 Å². The lowest BCUT2D eigenvalue weighted by Crippen LogP contribution is -2.37. The predicted octanol–water partition coefficient (Wildman–Crippen LogP) is 0.461. The van der Waals surface area contributed by atoms with Gasteiger partial charge >= 0.3 is 0 Å². The van der Waals surface area contributed by atoms with Crippen molar-refractivity contribution in [3.63, 3.8) is 0 Å². The highest BCUT2D eigenvalue weighted by molar-refractivity contribution is 6.32. The van der Waals surface area contributed by atoms with Gasteiger partial charge in [0, 0.05) is 20.2 Å². The van der Waals surface area contributed by atoms with Crippen molar-refractivity contribution in [2.75, 3.05) is 20.6 Å². The van der Waals surface area contributed by atoms with E-state index in [-0.39, 0.29) is 28.9 Å². The molecule has 0 aromatic carbocycles. The molecule has 1 rings (SSSR count). The summed E-state index contributed by atoms with van der Waals surface area (Å²) in [5.41, 5.74) is -0.469. The number of pyridine rings is 1. The first-order valence-corrected chi connectivity index (χ1v) is 5.50. The number of halogens is 1. The first-order valence-electron chi connectivity index (χ1n) is 5.12. The number of aromatic nitrogens is 1. The van der Waals surface area contributed by atoms with Gasteiger partial charge in [-0.2, -0.15) is 0 Å². The molecule has 0 saturated carbocycles. The first kappa shape index (κ1) is 14.8. The van der Waals surface area contributed by atoms with E-state index in [1.807, 2.05) is 0 Å². The highest BCUT2D eigenvalue weighted by atomic mass is 35.5. The van der Waals surface area contributed by atoms with Crippen molar-refractivity contribution in [1.29, 1.82) is 0 Å². The monoisotopic (exact) mass is 286 g/mol. The normalized spacial score (nSPS) is 9.84. The molecule has 2 amide bonds. The second kappa shape index (κ2) is 6.10. The van der Waals surface area contributed by atoms with Gasteiger partial charge in [-0.25, -0.2) is 4.98 Å². The molecule has 9 heteroatoms. The average molecular weight is 287 g/mol. The van der Waals surface area contributed by atoms with Crippen LogP contribution in [0.15, 0.2) is 12.3 Å². The van der Waals surface area contributed by atoms with Crippen molar-refractivity contribution in [1.82, 2.24) is 15.2 Å². The van der Waals surface area contributed by atoms with Gasteiger partial charge in [-0.3, -0.25) is 19.7 Å². The Kier molecular flexibility index (Phi) is 4.76. The van der Waals surface area contributed by atoms with Gasteiger partial charge in [0.2, 0.25) is 5.91 Å². The summed E-state index contributed by atoms with van der Waals surface area (Å²) in [6, 6.07) is 1.03. The second-order valence-electron chi connectivity index (χ2n) is 3.62. The number of nitrogens with zero attached hydrogens (tertiary/aromatic N) is 3. The maximum Gasteiger partial charge on any atom is 0.288 e. The largest absolute Gasteiger partial charge is 0.358 e. The Labute approximate surface area is 113 Å². The Morgan fingerprint density at radius 2 is 2.21 bits per heavy atom. The Morgan fingerprint density at radius 3 is 2.74 bits per heavy atom. The number of amides is 2. The first-order chi connectivity index (χ1) is 8.86. The fraction of sp³-hybridized carbons (Fsp3) is 0.300. The third-order valence-corrected chi connectivity index (χ3v) is 2.57. The van der Waals surface area contributed by atoms with Crippen LogP contribution in [0.25, 0.3) is 0 Å². The van der Waals surface area contributed by atoms with Crippen molar-refractivity contribution in [2.45, 2.75) is 0 Å². The van der Waals surface area contributed by atoms with Crippen LogP contribution in [0.4, 0.5) is 5.69 Å². The van der Waals surface area contributed by atoms with Gasteiger partial charge in [-0.15, -0.1) is 0 Å². The maximum absolute atomic E-state index is 12.0. The molecular formula is C10H11ClN4O4.